The summed E-state index contributed by atoms with van der Waals surface area (Å²) in [6.45, 7) is 5.38. The quantitative estimate of drug-likeness (QED) is 0.707. The Balaban J connectivity index is 1.79. The number of hydrogen-bond acceptors (Lipinski definition) is 2. The van der Waals surface area contributed by atoms with Crippen LogP contribution in [0.25, 0.3) is 0 Å². The molecule has 1 saturated carbocycles. The molecule has 0 radical (unpaired) electrons. The van der Waals surface area contributed by atoms with E-state index in [4.69, 9.17) is 0 Å². The van der Waals surface area contributed by atoms with Crippen molar-refractivity contribution in [2.24, 2.45) is 17.8 Å². The highest BCUT2D eigenvalue weighted by molar-refractivity contribution is 7.89. The molecule has 3 unspecified atom stereocenters. The van der Waals surface area contributed by atoms with Gasteiger partial charge in [-0.15, -0.1) is 0 Å². The van der Waals surface area contributed by atoms with Crippen molar-refractivity contribution in [1.82, 2.24) is 4.31 Å². The third-order valence-electron chi connectivity index (χ3n) is 5.27. The van der Waals surface area contributed by atoms with E-state index in [9.17, 15) is 8.42 Å². The summed E-state index contributed by atoms with van der Waals surface area (Å²) in [4.78, 5) is 0.429. The SMILES string of the molecule is CCCCN(CC1CC2C=CC1C2)S(=O)(=O)c1ccc(C)cc1. The Morgan fingerprint density at radius 2 is 1.87 bits per heavy atom. The van der Waals surface area contributed by atoms with E-state index in [1.165, 1.54) is 6.42 Å². The molecular weight excluding hydrogens is 306 g/mol. The molecule has 3 nitrogen and oxygen atoms in total. The molecule has 0 heterocycles. The van der Waals surface area contributed by atoms with Crippen LogP contribution in [0.5, 0.6) is 0 Å². The molecule has 0 aliphatic heterocycles. The number of rotatable bonds is 7. The second-order valence-corrected chi connectivity index (χ2v) is 9.01. The van der Waals surface area contributed by atoms with Crippen molar-refractivity contribution in [3.05, 3.63) is 42.0 Å². The van der Waals surface area contributed by atoms with Crippen molar-refractivity contribution >= 4 is 10.0 Å². The topological polar surface area (TPSA) is 37.4 Å². The van der Waals surface area contributed by atoms with Crippen LogP contribution in [0.1, 0.15) is 38.2 Å². The van der Waals surface area contributed by atoms with Gasteiger partial charge < -0.3 is 0 Å². The van der Waals surface area contributed by atoms with Crippen LogP contribution in [0.4, 0.5) is 0 Å². The van der Waals surface area contributed by atoms with E-state index in [1.54, 1.807) is 16.4 Å². The highest BCUT2D eigenvalue weighted by atomic mass is 32.2. The summed E-state index contributed by atoms with van der Waals surface area (Å²) in [7, 11) is -3.39. The Hall–Kier alpha value is -1.13. The van der Waals surface area contributed by atoms with E-state index in [0.29, 0.717) is 35.7 Å². The summed E-state index contributed by atoms with van der Waals surface area (Å²) in [5.41, 5.74) is 1.09. The van der Waals surface area contributed by atoms with Gasteiger partial charge in [0.1, 0.15) is 0 Å². The predicted octanol–water partition coefficient (Wildman–Crippen LogP) is 4.00. The molecule has 3 atom stereocenters. The van der Waals surface area contributed by atoms with Gasteiger partial charge in [-0.2, -0.15) is 4.31 Å². The summed E-state index contributed by atoms with van der Waals surface area (Å²) in [5, 5.41) is 0. The van der Waals surface area contributed by atoms with Gasteiger partial charge in [-0.05, 0) is 56.1 Å². The molecule has 0 aromatic heterocycles. The zero-order chi connectivity index (χ0) is 16.4. The minimum absolute atomic E-state index is 0.429. The van der Waals surface area contributed by atoms with Crippen molar-refractivity contribution in [1.29, 1.82) is 0 Å². The number of fused-ring (bicyclic) bond motifs is 2. The van der Waals surface area contributed by atoms with Crippen LogP contribution in [0, 0.1) is 24.7 Å². The first-order chi connectivity index (χ1) is 11.0. The van der Waals surface area contributed by atoms with Gasteiger partial charge in [-0.25, -0.2) is 8.42 Å². The summed E-state index contributed by atoms with van der Waals surface area (Å²) >= 11 is 0. The van der Waals surface area contributed by atoms with Crippen LogP contribution in [-0.2, 0) is 10.0 Å². The number of nitrogens with zero attached hydrogens (tertiary/aromatic N) is 1. The largest absolute Gasteiger partial charge is 0.243 e. The average Bonchev–Trinajstić information content (AvgIpc) is 3.14. The molecule has 2 aliphatic carbocycles. The molecule has 0 amide bonds. The highest BCUT2D eigenvalue weighted by Crippen LogP contribution is 2.44. The van der Waals surface area contributed by atoms with Gasteiger partial charge in [0, 0.05) is 13.1 Å². The number of hydrogen-bond donors (Lipinski definition) is 0. The highest BCUT2D eigenvalue weighted by Gasteiger charge is 2.38. The Labute approximate surface area is 140 Å². The van der Waals surface area contributed by atoms with Crippen LogP contribution in [0.2, 0.25) is 0 Å². The number of sulfonamides is 1. The Bertz CT molecular complexity index is 663. The molecule has 126 valence electrons. The molecule has 4 heteroatoms. The standard InChI is InChI=1S/C19H27NO2S/c1-3-4-11-20(14-18-13-16-7-8-17(18)12-16)23(21,22)19-9-5-15(2)6-10-19/h5-10,16-18H,3-4,11-14H2,1-2H3. The van der Waals surface area contributed by atoms with Crippen molar-refractivity contribution in [3.8, 4) is 0 Å². The molecule has 23 heavy (non-hydrogen) atoms. The third-order valence-corrected chi connectivity index (χ3v) is 7.15. The molecule has 2 bridgehead atoms. The van der Waals surface area contributed by atoms with Crippen molar-refractivity contribution in [2.45, 2.75) is 44.4 Å². The summed E-state index contributed by atoms with van der Waals surface area (Å²) in [6.07, 6.45) is 8.91. The van der Waals surface area contributed by atoms with E-state index >= 15 is 0 Å². The normalized spacial score (nSPS) is 26.3. The fourth-order valence-corrected chi connectivity index (χ4v) is 5.40. The molecule has 1 fully saturated rings. The van der Waals surface area contributed by atoms with Crippen LogP contribution in [-0.4, -0.2) is 25.8 Å². The lowest BCUT2D eigenvalue weighted by Gasteiger charge is -2.28. The molecule has 1 aromatic rings. The van der Waals surface area contributed by atoms with Crippen LogP contribution in [0.15, 0.2) is 41.3 Å². The molecule has 0 spiro atoms. The zero-order valence-corrected chi connectivity index (χ0v) is 14.9. The minimum Gasteiger partial charge on any atom is -0.207 e. The van der Waals surface area contributed by atoms with E-state index in [-0.39, 0.29) is 0 Å². The summed E-state index contributed by atoms with van der Waals surface area (Å²) in [5.74, 6) is 1.75. The maximum absolute atomic E-state index is 13.1. The lowest BCUT2D eigenvalue weighted by Crippen LogP contribution is -2.37. The smallest absolute Gasteiger partial charge is 0.207 e. The van der Waals surface area contributed by atoms with Gasteiger partial charge in [-0.3, -0.25) is 0 Å². The Kier molecular flexibility index (Phi) is 4.93. The average molecular weight is 333 g/mol. The molecule has 0 N–H and O–H groups in total. The number of allylic oxidation sites excluding steroid dienone is 2. The Morgan fingerprint density at radius 3 is 2.43 bits per heavy atom. The first-order valence-electron chi connectivity index (χ1n) is 8.76. The van der Waals surface area contributed by atoms with Crippen molar-refractivity contribution in [2.75, 3.05) is 13.1 Å². The second kappa shape index (κ2) is 6.78. The van der Waals surface area contributed by atoms with E-state index in [2.05, 4.69) is 19.1 Å². The third kappa shape index (κ3) is 3.53. The van der Waals surface area contributed by atoms with Crippen LogP contribution < -0.4 is 0 Å². The van der Waals surface area contributed by atoms with Gasteiger partial charge in [-0.1, -0.05) is 43.2 Å². The van der Waals surface area contributed by atoms with E-state index in [0.717, 1.165) is 24.8 Å². The minimum atomic E-state index is -3.39. The van der Waals surface area contributed by atoms with E-state index < -0.39 is 10.0 Å². The fourth-order valence-electron chi connectivity index (χ4n) is 3.87. The predicted molar refractivity (Wildman–Crippen MR) is 93.7 cm³/mol. The molecule has 1 aromatic carbocycles. The lowest BCUT2D eigenvalue weighted by atomic mass is 9.93. The van der Waals surface area contributed by atoms with Gasteiger partial charge in [0.25, 0.3) is 0 Å². The molecular formula is C19H27NO2S. The monoisotopic (exact) mass is 333 g/mol. The van der Waals surface area contributed by atoms with Gasteiger partial charge in [0.05, 0.1) is 4.90 Å². The molecule has 3 rings (SSSR count). The zero-order valence-electron chi connectivity index (χ0n) is 14.1. The number of benzene rings is 1. The maximum Gasteiger partial charge on any atom is 0.243 e. The van der Waals surface area contributed by atoms with Crippen LogP contribution >= 0.6 is 0 Å². The number of aryl methyl sites for hydroxylation is 1. The maximum atomic E-state index is 13.1. The second-order valence-electron chi connectivity index (χ2n) is 7.07. The fraction of sp³-hybridized carbons (Fsp3) is 0.579. The van der Waals surface area contributed by atoms with Crippen LogP contribution in [0.3, 0.4) is 0 Å². The first kappa shape index (κ1) is 16.7. The Morgan fingerprint density at radius 1 is 1.13 bits per heavy atom. The number of unbranched alkanes of at least 4 members (excludes halogenated alkanes) is 1. The van der Waals surface area contributed by atoms with Crippen molar-refractivity contribution in [3.63, 3.8) is 0 Å². The van der Waals surface area contributed by atoms with E-state index in [1.807, 2.05) is 19.1 Å². The molecule has 2 aliphatic rings. The van der Waals surface area contributed by atoms with Gasteiger partial charge in [0.2, 0.25) is 10.0 Å². The first-order valence-corrected chi connectivity index (χ1v) is 10.2. The summed E-state index contributed by atoms with van der Waals surface area (Å²) < 4.78 is 27.8. The van der Waals surface area contributed by atoms with Gasteiger partial charge >= 0.3 is 0 Å². The lowest BCUT2D eigenvalue weighted by molar-refractivity contribution is 0.308. The molecule has 0 saturated heterocycles. The summed E-state index contributed by atoms with van der Waals surface area (Å²) in [6, 6.07) is 7.24. The van der Waals surface area contributed by atoms with Crippen molar-refractivity contribution < 1.29 is 8.42 Å². The van der Waals surface area contributed by atoms with Gasteiger partial charge in [0.15, 0.2) is 0 Å².